The quantitative estimate of drug-likeness (QED) is 0.479. The molecular formula is C23H22N2O2S. The van der Waals surface area contributed by atoms with Crippen LogP contribution in [0.25, 0.3) is 10.9 Å². The highest BCUT2D eigenvalue weighted by molar-refractivity contribution is 7.10. The van der Waals surface area contributed by atoms with Gasteiger partial charge in [0.1, 0.15) is 5.75 Å². The van der Waals surface area contributed by atoms with Gasteiger partial charge in [0.15, 0.2) is 0 Å². The highest BCUT2D eigenvalue weighted by Crippen LogP contribution is 2.31. The number of hydrogen-bond acceptors (Lipinski definition) is 3. The highest BCUT2D eigenvalue weighted by atomic mass is 32.1. The molecule has 4 nitrogen and oxygen atoms in total. The maximum atomic E-state index is 12.4. The molecule has 1 unspecified atom stereocenters. The Morgan fingerprint density at radius 1 is 1.11 bits per heavy atom. The third-order valence-corrected chi connectivity index (χ3v) is 5.81. The summed E-state index contributed by atoms with van der Waals surface area (Å²) in [7, 11) is 1.66. The summed E-state index contributed by atoms with van der Waals surface area (Å²) in [5.74, 6) is 0.915. The fraction of sp³-hybridized carbons (Fsp3) is 0.174. The molecule has 0 fully saturated rings. The van der Waals surface area contributed by atoms with Crippen LogP contribution < -0.4 is 10.1 Å². The van der Waals surface area contributed by atoms with Crippen molar-refractivity contribution >= 4 is 28.1 Å². The fourth-order valence-electron chi connectivity index (χ4n) is 3.48. The molecule has 1 amide bonds. The monoisotopic (exact) mass is 390 g/mol. The number of hydrogen-bond donors (Lipinski definition) is 2. The van der Waals surface area contributed by atoms with Crippen molar-refractivity contribution in [3.63, 3.8) is 0 Å². The molecule has 1 atom stereocenters. The van der Waals surface area contributed by atoms with E-state index in [4.69, 9.17) is 4.74 Å². The third kappa shape index (κ3) is 3.94. The number of ether oxygens (including phenoxy) is 1. The van der Waals surface area contributed by atoms with Crippen LogP contribution in [0.4, 0.5) is 0 Å². The lowest BCUT2D eigenvalue weighted by Gasteiger charge is -2.18. The molecule has 0 aliphatic rings. The van der Waals surface area contributed by atoms with Crippen molar-refractivity contribution in [1.29, 1.82) is 0 Å². The number of carbonyl (C=O) groups is 1. The van der Waals surface area contributed by atoms with Gasteiger partial charge in [-0.3, -0.25) is 4.79 Å². The lowest BCUT2D eigenvalue weighted by atomic mass is 9.90. The predicted octanol–water partition coefficient (Wildman–Crippen LogP) is 4.73. The molecule has 142 valence electrons. The molecule has 4 aromatic rings. The summed E-state index contributed by atoms with van der Waals surface area (Å²) < 4.78 is 5.29. The van der Waals surface area contributed by atoms with Gasteiger partial charge in [-0.05, 0) is 40.8 Å². The Morgan fingerprint density at radius 2 is 1.93 bits per heavy atom. The van der Waals surface area contributed by atoms with E-state index in [2.05, 4.69) is 34.6 Å². The Labute approximate surface area is 168 Å². The zero-order valence-corrected chi connectivity index (χ0v) is 16.5. The molecule has 0 aliphatic heterocycles. The molecule has 2 N–H and O–H groups in total. The van der Waals surface area contributed by atoms with Crippen molar-refractivity contribution in [3.05, 3.63) is 88.2 Å². The van der Waals surface area contributed by atoms with E-state index in [1.54, 1.807) is 18.4 Å². The molecule has 0 saturated heterocycles. The fourth-order valence-corrected chi connectivity index (χ4v) is 4.18. The number of benzene rings is 2. The first-order chi connectivity index (χ1) is 13.7. The molecular weight excluding hydrogens is 368 g/mol. The number of H-pyrrole nitrogens is 1. The zero-order valence-electron chi connectivity index (χ0n) is 15.6. The molecule has 4 rings (SSSR count). The maximum absolute atomic E-state index is 12.4. The largest absolute Gasteiger partial charge is 0.497 e. The highest BCUT2D eigenvalue weighted by Gasteiger charge is 2.19. The summed E-state index contributed by atoms with van der Waals surface area (Å²) in [6.07, 6.45) is 2.46. The van der Waals surface area contributed by atoms with E-state index >= 15 is 0 Å². The summed E-state index contributed by atoms with van der Waals surface area (Å²) in [6.45, 7) is 0.540. The normalized spacial score (nSPS) is 12.0. The summed E-state index contributed by atoms with van der Waals surface area (Å²) in [6, 6.07) is 20.3. The summed E-state index contributed by atoms with van der Waals surface area (Å²) in [5, 5.41) is 6.30. The lowest BCUT2D eigenvalue weighted by molar-refractivity contribution is -0.120. The molecule has 0 aliphatic carbocycles. The summed E-state index contributed by atoms with van der Waals surface area (Å²) in [5.41, 5.74) is 3.42. The third-order valence-electron chi connectivity index (χ3n) is 4.93. The van der Waals surface area contributed by atoms with Crippen LogP contribution in [-0.2, 0) is 11.2 Å². The zero-order chi connectivity index (χ0) is 19.3. The molecule has 0 radical (unpaired) electrons. The van der Waals surface area contributed by atoms with E-state index in [0.29, 0.717) is 13.0 Å². The topological polar surface area (TPSA) is 54.1 Å². The summed E-state index contributed by atoms with van der Waals surface area (Å²) in [4.78, 5) is 16.9. The van der Waals surface area contributed by atoms with Gasteiger partial charge in [-0.1, -0.05) is 36.4 Å². The smallest absolute Gasteiger partial charge is 0.225 e. The van der Waals surface area contributed by atoms with Gasteiger partial charge in [-0.15, -0.1) is 11.3 Å². The van der Waals surface area contributed by atoms with Crippen LogP contribution in [0.1, 0.15) is 21.9 Å². The molecule has 2 aromatic carbocycles. The minimum absolute atomic E-state index is 0.0424. The number of aromatic amines is 1. The number of fused-ring (bicyclic) bond motifs is 1. The van der Waals surface area contributed by atoms with Crippen molar-refractivity contribution in [2.75, 3.05) is 13.7 Å². The molecule has 0 spiro atoms. The Bertz CT molecular complexity index is 1050. The van der Waals surface area contributed by atoms with Crippen molar-refractivity contribution in [2.45, 2.75) is 12.3 Å². The van der Waals surface area contributed by atoms with Gasteiger partial charge in [-0.25, -0.2) is 0 Å². The van der Waals surface area contributed by atoms with E-state index < -0.39 is 0 Å². The number of aromatic nitrogens is 1. The minimum atomic E-state index is 0.0424. The van der Waals surface area contributed by atoms with E-state index in [1.165, 1.54) is 10.9 Å². The Hall–Kier alpha value is -3.05. The van der Waals surface area contributed by atoms with E-state index in [9.17, 15) is 4.79 Å². The van der Waals surface area contributed by atoms with Crippen LogP contribution in [0, 0.1) is 0 Å². The maximum Gasteiger partial charge on any atom is 0.225 e. The number of rotatable bonds is 7. The standard InChI is InChI=1S/C23H22N2O2S/c1-27-17-10-8-16(9-11-17)20(14-25-23(26)13-18-5-4-12-28-18)21-15-24-22-7-3-2-6-19(21)22/h2-12,15,20,24H,13-14H2,1H3,(H,25,26). The number of nitrogens with one attached hydrogen (secondary N) is 2. The first-order valence-corrected chi connectivity index (χ1v) is 10.1. The first-order valence-electron chi connectivity index (χ1n) is 9.23. The lowest BCUT2D eigenvalue weighted by Crippen LogP contribution is -2.29. The van der Waals surface area contributed by atoms with Crippen LogP contribution in [0.3, 0.4) is 0 Å². The van der Waals surface area contributed by atoms with E-state index in [-0.39, 0.29) is 11.8 Å². The van der Waals surface area contributed by atoms with Crippen LogP contribution >= 0.6 is 11.3 Å². The second kappa shape index (κ2) is 8.31. The second-order valence-electron chi connectivity index (χ2n) is 6.68. The van der Waals surface area contributed by atoms with Gasteiger partial charge in [0.25, 0.3) is 0 Å². The van der Waals surface area contributed by atoms with Crippen molar-refractivity contribution < 1.29 is 9.53 Å². The second-order valence-corrected chi connectivity index (χ2v) is 7.71. The molecule has 2 aromatic heterocycles. The predicted molar refractivity (Wildman–Crippen MR) is 114 cm³/mol. The van der Waals surface area contributed by atoms with Gasteiger partial charge < -0.3 is 15.0 Å². The van der Waals surface area contributed by atoms with Gasteiger partial charge in [0.2, 0.25) is 5.91 Å². The molecule has 0 bridgehead atoms. The van der Waals surface area contributed by atoms with Crippen molar-refractivity contribution in [3.8, 4) is 5.75 Å². The SMILES string of the molecule is COc1ccc(C(CNC(=O)Cc2cccs2)c2c[nH]c3ccccc23)cc1. The minimum Gasteiger partial charge on any atom is -0.497 e. The molecule has 2 heterocycles. The number of amides is 1. The van der Waals surface area contributed by atoms with Crippen LogP contribution in [-0.4, -0.2) is 24.5 Å². The number of thiophene rings is 1. The average Bonchev–Trinajstić information content (AvgIpc) is 3.39. The summed E-state index contributed by atoms with van der Waals surface area (Å²) >= 11 is 1.61. The van der Waals surface area contributed by atoms with Crippen molar-refractivity contribution in [1.82, 2.24) is 10.3 Å². The van der Waals surface area contributed by atoms with Gasteiger partial charge in [0.05, 0.1) is 13.5 Å². The van der Waals surface area contributed by atoms with Crippen LogP contribution in [0.15, 0.2) is 72.2 Å². The van der Waals surface area contributed by atoms with Crippen LogP contribution in [0.5, 0.6) is 5.75 Å². The first kappa shape index (κ1) is 18.3. The Morgan fingerprint density at radius 3 is 2.68 bits per heavy atom. The number of para-hydroxylation sites is 1. The Kier molecular flexibility index (Phi) is 5.44. The number of carbonyl (C=O) groups excluding carboxylic acids is 1. The van der Waals surface area contributed by atoms with Gasteiger partial charge in [-0.2, -0.15) is 0 Å². The average molecular weight is 391 g/mol. The van der Waals surface area contributed by atoms with Gasteiger partial charge >= 0.3 is 0 Å². The van der Waals surface area contributed by atoms with Crippen LogP contribution in [0.2, 0.25) is 0 Å². The van der Waals surface area contributed by atoms with E-state index in [1.807, 2.05) is 48.0 Å². The Balaban J connectivity index is 1.60. The molecule has 28 heavy (non-hydrogen) atoms. The van der Waals surface area contributed by atoms with Crippen molar-refractivity contribution in [2.24, 2.45) is 0 Å². The molecule has 0 saturated carbocycles. The van der Waals surface area contributed by atoms with Gasteiger partial charge in [0, 0.05) is 34.4 Å². The molecule has 5 heteroatoms. The number of methoxy groups -OCH3 is 1. The van der Waals surface area contributed by atoms with E-state index in [0.717, 1.165) is 21.7 Å².